The maximum absolute atomic E-state index is 2.32. The molecule has 1 aliphatic heterocycles. The molecule has 1 radical (unpaired) electrons. The van der Waals surface area contributed by atoms with E-state index in [2.05, 4.69) is 6.42 Å². The van der Waals surface area contributed by atoms with Crippen LogP contribution in [0.15, 0.2) is 0 Å². The van der Waals surface area contributed by atoms with Crippen LogP contribution < -0.4 is 0 Å². The fourth-order valence-corrected chi connectivity index (χ4v) is 1.25. The van der Waals surface area contributed by atoms with Crippen LogP contribution >= 0.6 is 11.8 Å². The molecule has 1 aliphatic rings. The number of rotatable bonds is 0. The van der Waals surface area contributed by atoms with E-state index in [0.29, 0.717) is 0 Å². The second kappa shape index (κ2) is 1.71. The van der Waals surface area contributed by atoms with Crippen molar-refractivity contribution in [2.45, 2.75) is 6.42 Å². The maximum atomic E-state index is 2.32. The molecule has 0 spiro atoms. The van der Waals surface area contributed by atoms with Crippen LogP contribution in [0.3, 0.4) is 0 Å². The highest BCUT2D eigenvalue weighted by molar-refractivity contribution is 7.99. The van der Waals surface area contributed by atoms with Crippen molar-refractivity contribution in [1.82, 2.24) is 0 Å². The van der Waals surface area contributed by atoms with Crippen molar-refractivity contribution < 1.29 is 0 Å². The molecular formula is C4H7S. The summed E-state index contributed by atoms with van der Waals surface area (Å²) in [4.78, 5) is 0. The zero-order valence-corrected chi connectivity index (χ0v) is 3.92. The third-order valence-electron chi connectivity index (χ3n) is 0.702. The van der Waals surface area contributed by atoms with Gasteiger partial charge in [-0.2, -0.15) is 11.8 Å². The molecule has 1 rings (SSSR count). The Balaban J connectivity index is 2.08. The van der Waals surface area contributed by atoms with E-state index in [-0.39, 0.29) is 0 Å². The molecule has 1 heterocycles. The molecule has 0 aliphatic carbocycles. The molecule has 5 heavy (non-hydrogen) atoms. The van der Waals surface area contributed by atoms with Crippen molar-refractivity contribution in [2.75, 3.05) is 11.5 Å². The van der Waals surface area contributed by atoms with E-state index in [1.165, 1.54) is 17.9 Å². The first-order valence-electron chi connectivity index (χ1n) is 1.89. The molecule has 0 saturated carbocycles. The monoisotopic (exact) mass is 87.0 g/mol. The van der Waals surface area contributed by atoms with Gasteiger partial charge in [0, 0.05) is 0 Å². The predicted octanol–water partition coefficient (Wildman–Crippen LogP) is 1.33. The zero-order chi connectivity index (χ0) is 3.54. The standard InChI is InChI=1S/C4H7S/c1-2-4-5-3-1/h1H,2-4H2. The summed E-state index contributed by atoms with van der Waals surface area (Å²) in [5.41, 5.74) is 0. The van der Waals surface area contributed by atoms with Gasteiger partial charge in [0.15, 0.2) is 0 Å². The minimum atomic E-state index is 1.29. The highest BCUT2D eigenvalue weighted by Gasteiger charge is 1.96. The van der Waals surface area contributed by atoms with Crippen molar-refractivity contribution >= 4 is 11.8 Å². The molecule has 0 aromatic heterocycles. The van der Waals surface area contributed by atoms with Crippen LogP contribution in [0, 0.1) is 6.42 Å². The van der Waals surface area contributed by atoms with Crippen molar-refractivity contribution in [3.05, 3.63) is 6.42 Å². The Hall–Kier alpha value is 0.350. The molecule has 1 saturated heterocycles. The summed E-state index contributed by atoms with van der Waals surface area (Å²) in [6, 6.07) is 0. The Bertz CT molecular complexity index is 15.2. The fraction of sp³-hybridized carbons (Fsp3) is 0.750. The van der Waals surface area contributed by atoms with Crippen molar-refractivity contribution in [2.24, 2.45) is 0 Å². The molecule has 1 fully saturated rings. The number of thioether (sulfide) groups is 1. The lowest BCUT2D eigenvalue weighted by Crippen LogP contribution is -1.60. The Labute approximate surface area is 37.0 Å². The van der Waals surface area contributed by atoms with Gasteiger partial charge in [0.25, 0.3) is 0 Å². The first-order valence-corrected chi connectivity index (χ1v) is 3.05. The van der Waals surface area contributed by atoms with E-state index in [4.69, 9.17) is 0 Å². The zero-order valence-electron chi connectivity index (χ0n) is 3.11. The van der Waals surface area contributed by atoms with Crippen LogP contribution in [0.1, 0.15) is 6.42 Å². The van der Waals surface area contributed by atoms with E-state index in [9.17, 15) is 0 Å². The summed E-state index contributed by atoms with van der Waals surface area (Å²) in [6.07, 6.45) is 3.66. The van der Waals surface area contributed by atoms with E-state index < -0.39 is 0 Å². The van der Waals surface area contributed by atoms with E-state index in [1.807, 2.05) is 11.8 Å². The highest BCUT2D eigenvalue weighted by atomic mass is 32.2. The topological polar surface area (TPSA) is 0 Å². The summed E-state index contributed by atoms with van der Waals surface area (Å²) < 4.78 is 0. The minimum absolute atomic E-state index is 1.29. The van der Waals surface area contributed by atoms with Gasteiger partial charge in [0.1, 0.15) is 0 Å². The molecular weight excluding hydrogens is 80.1 g/mol. The van der Waals surface area contributed by atoms with Gasteiger partial charge in [0.05, 0.1) is 0 Å². The predicted molar refractivity (Wildman–Crippen MR) is 26.2 cm³/mol. The molecule has 29 valence electrons. The van der Waals surface area contributed by atoms with Gasteiger partial charge in [-0.1, -0.05) is 0 Å². The Morgan fingerprint density at radius 2 is 2.60 bits per heavy atom. The summed E-state index contributed by atoms with van der Waals surface area (Å²) in [5.74, 6) is 2.65. The maximum Gasteiger partial charge on any atom is -0.00359 e. The van der Waals surface area contributed by atoms with Gasteiger partial charge in [0.2, 0.25) is 0 Å². The lowest BCUT2D eigenvalue weighted by molar-refractivity contribution is 1.17. The fourth-order valence-electron chi connectivity index (χ4n) is 0.417. The first kappa shape index (κ1) is 3.54. The van der Waals surface area contributed by atoms with Crippen LogP contribution in [0.2, 0.25) is 0 Å². The van der Waals surface area contributed by atoms with E-state index >= 15 is 0 Å². The van der Waals surface area contributed by atoms with Gasteiger partial charge < -0.3 is 0 Å². The summed E-state index contributed by atoms with van der Waals surface area (Å²) in [5, 5.41) is 0. The van der Waals surface area contributed by atoms with Crippen LogP contribution in [0.5, 0.6) is 0 Å². The molecule has 1 heteroatoms. The van der Waals surface area contributed by atoms with Crippen molar-refractivity contribution in [1.29, 1.82) is 0 Å². The second-order valence-electron chi connectivity index (χ2n) is 1.15. The highest BCUT2D eigenvalue weighted by Crippen LogP contribution is 2.13. The minimum Gasteiger partial charge on any atom is -0.162 e. The molecule has 0 N–H and O–H groups in total. The third kappa shape index (κ3) is 0.839. The third-order valence-corrected chi connectivity index (χ3v) is 1.70. The largest absolute Gasteiger partial charge is 0.162 e. The van der Waals surface area contributed by atoms with Crippen molar-refractivity contribution in [3.63, 3.8) is 0 Å². The molecule has 0 nitrogen and oxygen atoms in total. The molecule has 0 unspecified atom stereocenters. The quantitative estimate of drug-likeness (QED) is 0.429. The van der Waals surface area contributed by atoms with E-state index in [0.717, 1.165) is 0 Å². The SMILES string of the molecule is [CH]1CCSC1. The summed E-state index contributed by atoms with van der Waals surface area (Å²) >= 11 is 2.02. The van der Waals surface area contributed by atoms with Crippen LogP contribution in [0.4, 0.5) is 0 Å². The Morgan fingerprint density at radius 1 is 1.60 bits per heavy atom. The smallest absolute Gasteiger partial charge is 0.00359 e. The van der Waals surface area contributed by atoms with Gasteiger partial charge >= 0.3 is 0 Å². The summed E-state index contributed by atoms with van der Waals surface area (Å²) in [7, 11) is 0. The number of hydrogen-bond donors (Lipinski definition) is 0. The van der Waals surface area contributed by atoms with Crippen LogP contribution in [0.25, 0.3) is 0 Å². The van der Waals surface area contributed by atoms with Crippen LogP contribution in [-0.4, -0.2) is 11.5 Å². The average molecular weight is 87.2 g/mol. The lowest BCUT2D eigenvalue weighted by Gasteiger charge is -1.69. The Morgan fingerprint density at radius 3 is 2.80 bits per heavy atom. The van der Waals surface area contributed by atoms with Crippen LogP contribution in [-0.2, 0) is 0 Å². The second-order valence-corrected chi connectivity index (χ2v) is 2.30. The lowest BCUT2D eigenvalue weighted by atomic mass is 10.4. The van der Waals surface area contributed by atoms with E-state index in [1.54, 1.807) is 0 Å². The number of hydrogen-bond acceptors (Lipinski definition) is 1. The van der Waals surface area contributed by atoms with Gasteiger partial charge in [-0.3, -0.25) is 0 Å². The molecule has 0 aromatic rings. The summed E-state index contributed by atoms with van der Waals surface area (Å²) in [6.45, 7) is 0. The molecule has 0 bridgehead atoms. The first-order chi connectivity index (χ1) is 2.50. The Kier molecular flexibility index (Phi) is 1.21. The normalized spacial score (nSPS) is 24.0. The van der Waals surface area contributed by atoms with Gasteiger partial charge in [-0.15, -0.1) is 0 Å². The average Bonchev–Trinajstić information content (AvgIpc) is 1.76. The van der Waals surface area contributed by atoms with Gasteiger partial charge in [-0.25, -0.2) is 0 Å². The van der Waals surface area contributed by atoms with Crippen molar-refractivity contribution in [3.8, 4) is 0 Å². The molecule has 0 amide bonds. The molecule has 0 aromatic carbocycles. The molecule has 0 atom stereocenters. The van der Waals surface area contributed by atoms with Gasteiger partial charge in [-0.05, 0) is 24.3 Å².